The van der Waals surface area contributed by atoms with Gasteiger partial charge in [-0.25, -0.2) is 10.2 Å². The minimum absolute atomic E-state index is 0.652. The minimum Gasteiger partial charge on any atom is -0.350 e. The van der Waals surface area contributed by atoms with Crippen LogP contribution < -0.4 is 11.2 Å². The Hall–Kier alpha value is -1.92. The van der Waals surface area contributed by atoms with Crippen molar-refractivity contribution in [2.75, 3.05) is 32.7 Å². The number of urea groups is 1. The number of aryl methyl sites for hydroxylation is 1. The molecule has 1 aromatic carbocycles. The fraction of sp³-hybridized carbons (Fsp3) is 0.529. The number of carbonyl (C=O) groups excluding carboxylic acids is 1. The zero-order valence-corrected chi connectivity index (χ0v) is 14.3. The molecule has 23 heavy (non-hydrogen) atoms. The van der Waals surface area contributed by atoms with Crippen LogP contribution in [-0.2, 0) is 6.54 Å². The Labute approximate surface area is 138 Å². The van der Waals surface area contributed by atoms with Crippen molar-refractivity contribution in [1.82, 2.24) is 15.2 Å². The number of carbonyl (C=O) groups is 1. The highest BCUT2D eigenvalue weighted by molar-refractivity contribution is 5.84. The van der Waals surface area contributed by atoms with Crippen LogP contribution in [0.25, 0.3) is 0 Å². The molecule has 1 saturated heterocycles. The number of hydrogen-bond acceptors (Lipinski definition) is 4. The molecule has 1 heterocycles. The average molecular weight is 317 g/mol. The third-order valence-corrected chi connectivity index (χ3v) is 4.38. The Bertz CT molecular complexity index is 577. The largest absolute Gasteiger partial charge is 0.350 e. The van der Waals surface area contributed by atoms with E-state index in [2.05, 4.69) is 53.2 Å². The summed E-state index contributed by atoms with van der Waals surface area (Å²) in [6.07, 6.45) is 1.66. The molecule has 0 saturated carbocycles. The van der Waals surface area contributed by atoms with E-state index in [1.54, 1.807) is 6.21 Å². The highest BCUT2D eigenvalue weighted by atomic mass is 16.2. The molecule has 0 spiro atoms. The summed E-state index contributed by atoms with van der Waals surface area (Å²) in [6, 6.07) is 3.65. The maximum absolute atomic E-state index is 10.7. The van der Waals surface area contributed by atoms with Crippen molar-refractivity contribution >= 4 is 12.2 Å². The summed E-state index contributed by atoms with van der Waals surface area (Å²) in [4.78, 5) is 15.7. The summed E-state index contributed by atoms with van der Waals surface area (Å²) in [5, 5.41) is 3.88. The van der Waals surface area contributed by atoms with Crippen molar-refractivity contribution in [3.63, 3.8) is 0 Å². The van der Waals surface area contributed by atoms with Crippen LogP contribution in [0.1, 0.15) is 29.2 Å². The Balaban J connectivity index is 2.08. The Morgan fingerprint density at radius 1 is 1.26 bits per heavy atom. The lowest BCUT2D eigenvalue weighted by atomic mass is 9.99. The number of primary amides is 1. The van der Waals surface area contributed by atoms with E-state index in [0.717, 1.165) is 44.8 Å². The fourth-order valence-electron chi connectivity index (χ4n) is 2.93. The second-order valence-corrected chi connectivity index (χ2v) is 6.08. The first-order chi connectivity index (χ1) is 11.0. The van der Waals surface area contributed by atoms with Crippen LogP contribution in [0, 0.1) is 13.8 Å². The zero-order chi connectivity index (χ0) is 16.8. The molecule has 1 aliphatic rings. The number of piperazine rings is 1. The molecule has 0 aromatic heterocycles. The Kier molecular flexibility index (Phi) is 6.12. The summed E-state index contributed by atoms with van der Waals surface area (Å²) in [6.45, 7) is 13.0. The van der Waals surface area contributed by atoms with Crippen LogP contribution in [-0.4, -0.2) is 54.8 Å². The standard InChI is InChI=1S/C17H27N5O/c1-4-21-5-7-22(8-6-21)12-16-10-13(2)9-15(14(16)3)11-19-20-17(18)23/h9-11H,4-8,12H2,1-3H3,(H3,18,20,23). The van der Waals surface area contributed by atoms with Crippen LogP contribution in [0.2, 0.25) is 0 Å². The first-order valence-corrected chi connectivity index (χ1v) is 8.13. The second kappa shape index (κ2) is 8.08. The molecular formula is C17H27N5O. The van der Waals surface area contributed by atoms with Gasteiger partial charge < -0.3 is 10.6 Å². The number of nitrogens with two attached hydrogens (primary N) is 1. The molecule has 3 N–H and O–H groups in total. The van der Waals surface area contributed by atoms with Crippen molar-refractivity contribution in [1.29, 1.82) is 0 Å². The summed E-state index contributed by atoms with van der Waals surface area (Å²) < 4.78 is 0. The number of amides is 2. The van der Waals surface area contributed by atoms with Gasteiger partial charge in [0.05, 0.1) is 6.21 Å². The molecule has 1 fully saturated rings. The predicted octanol–water partition coefficient (Wildman–Crippen LogP) is 1.44. The molecule has 1 aromatic rings. The van der Waals surface area contributed by atoms with E-state index in [-0.39, 0.29) is 0 Å². The molecule has 0 atom stereocenters. The van der Waals surface area contributed by atoms with Gasteiger partial charge in [-0.15, -0.1) is 0 Å². The maximum Gasteiger partial charge on any atom is 0.332 e. The first kappa shape index (κ1) is 17.4. The van der Waals surface area contributed by atoms with Crippen molar-refractivity contribution < 1.29 is 4.79 Å². The molecule has 0 bridgehead atoms. The third kappa shape index (κ3) is 5.04. The maximum atomic E-state index is 10.7. The number of likely N-dealkylation sites (N-methyl/N-ethyl adjacent to an activating group) is 1. The van der Waals surface area contributed by atoms with Crippen LogP contribution >= 0.6 is 0 Å². The van der Waals surface area contributed by atoms with Gasteiger partial charge in [-0.05, 0) is 37.1 Å². The average Bonchev–Trinajstić information content (AvgIpc) is 2.52. The topological polar surface area (TPSA) is 74.0 Å². The quantitative estimate of drug-likeness (QED) is 0.637. The van der Waals surface area contributed by atoms with Crippen molar-refractivity contribution in [3.8, 4) is 0 Å². The number of rotatable bonds is 5. The van der Waals surface area contributed by atoms with Gasteiger partial charge in [0, 0.05) is 32.7 Å². The lowest BCUT2D eigenvalue weighted by Crippen LogP contribution is -2.45. The first-order valence-electron chi connectivity index (χ1n) is 8.13. The molecular weight excluding hydrogens is 290 g/mol. The van der Waals surface area contributed by atoms with E-state index in [1.165, 1.54) is 16.7 Å². The number of nitrogens with zero attached hydrogens (tertiary/aromatic N) is 3. The molecule has 0 radical (unpaired) electrons. The monoisotopic (exact) mass is 317 g/mol. The van der Waals surface area contributed by atoms with E-state index < -0.39 is 6.03 Å². The van der Waals surface area contributed by atoms with Gasteiger partial charge in [0.1, 0.15) is 0 Å². The van der Waals surface area contributed by atoms with Gasteiger partial charge in [0.25, 0.3) is 0 Å². The van der Waals surface area contributed by atoms with Gasteiger partial charge >= 0.3 is 6.03 Å². The van der Waals surface area contributed by atoms with Crippen molar-refractivity contribution in [2.24, 2.45) is 10.8 Å². The molecule has 126 valence electrons. The highest BCUT2D eigenvalue weighted by Gasteiger charge is 2.16. The SMILES string of the molecule is CCN1CCN(Cc2cc(C)cc(C=NNC(N)=O)c2C)CC1. The van der Waals surface area contributed by atoms with Crippen LogP contribution in [0.3, 0.4) is 0 Å². The lowest BCUT2D eigenvalue weighted by Gasteiger charge is -2.34. The summed E-state index contributed by atoms with van der Waals surface area (Å²) in [5.41, 5.74) is 12.0. The molecule has 1 aliphatic heterocycles. The fourth-order valence-corrected chi connectivity index (χ4v) is 2.93. The summed E-state index contributed by atoms with van der Waals surface area (Å²) in [7, 11) is 0. The smallest absolute Gasteiger partial charge is 0.332 e. The van der Waals surface area contributed by atoms with Crippen LogP contribution in [0.5, 0.6) is 0 Å². The number of nitrogens with one attached hydrogen (secondary N) is 1. The van der Waals surface area contributed by atoms with E-state index in [9.17, 15) is 4.79 Å². The third-order valence-electron chi connectivity index (χ3n) is 4.38. The molecule has 6 nitrogen and oxygen atoms in total. The van der Waals surface area contributed by atoms with Crippen LogP contribution in [0.15, 0.2) is 17.2 Å². The van der Waals surface area contributed by atoms with E-state index in [0.29, 0.717) is 0 Å². The Morgan fingerprint density at radius 3 is 2.52 bits per heavy atom. The molecule has 0 unspecified atom stereocenters. The lowest BCUT2D eigenvalue weighted by molar-refractivity contribution is 0.132. The highest BCUT2D eigenvalue weighted by Crippen LogP contribution is 2.18. The summed E-state index contributed by atoms with van der Waals surface area (Å²) in [5.74, 6) is 0. The van der Waals surface area contributed by atoms with Crippen molar-refractivity contribution in [3.05, 3.63) is 34.4 Å². The normalized spacial score (nSPS) is 16.8. The van der Waals surface area contributed by atoms with E-state index in [4.69, 9.17) is 5.73 Å². The van der Waals surface area contributed by atoms with Gasteiger partial charge in [0.15, 0.2) is 0 Å². The van der Waals surface area contributed by atoms with Crippen molar-refractivity contribution in [2.45, 2.75) is 27.3 Å². The van der Waals surface area contributed by atoms with Gasteiger partial charge in [-0.1, -0.05) is 24.6 Å². The summed E-state index contributed by atoms with van der Waals surface area (Å²) >= 11 is 0. The van der Waals surface area contributed by atoms with Crippen LogP contribution in [0.4, 0.5) is 4.79 Å². The predicted molar refractivity (Wildman–Crippen MR) is 93.6 cm³/mol. The van der Waals surface area contributed by atoms with Gasteiger partial charge in [-0.3, -0.25) is 4.90 Å². The van der Waals surface area contributed by atoms with E-state index >= 15 is 0 Å². The van der Waals surface area contributed by atoms with E-state index in [1.807, 2.05) is 0 Å². The Morgan fingerprint density at radius 2 is 1.91 bits per heavy atom. The molecule has 2 amide bonds. The molecule has 0 aliphatic carbocycles. The zero-order valence-electron chi connectivity index (χ0n) is 14.3. The number of benzene rings is 1. The number of hydrogen-bond donors (Lipinski definition) is 2. The minimum atomic E-state index is -0.652. The van der Waals surface area contributed by atoms with Gasteiger partial charge in [0.2, 0.25) is 0 Å². The molecule has 2 rings (SSSR count). The van der Waals surface area contributed by atoms with Gasteiger partial charge in [-0.2, -0.15) is 5.10 Å². The second-order valence-electron chi connectivity index (χ2n) is 6.08. The number of hydrazone groups is 1. The molecule has 6 heteroatoms.